The van der Waals surface area contributed by atoms with Crippen molar-refractivity contribution in [3.8, 4) is 5.75 Å². The highest BCUT2D eigenvalue weighted by Crippen LogP contribution is 2.37. The molecule has 2 rings (SSSR count). The van der Waals surface area contributed by atoms with Gasteiger partial charge in [-0.1, -0.05) is 18.2 Å². The normalized spacial score (nSPS) is 25.5. The molecule has 1 N–H and O–H groups in total. The Kier molecular flexibility index (Phi) is 3.40. The quantitative estimate of drug-likeness (QED) is 0.869. The SMILES string of the molecule is CC(C)Oc1ccccc1C1(O)CCN(C)C1. The first-order chi connectivity index (χ1) is 8.01. The monoisotopic (exact) mass is 235 g/mol. The molecule has 1 heterocycles. The maximum Gasteiger partial charge on any atom is 0.125 e. The van der Waals surface area contributed by atoms with Crippen molar-refractivity contribution in [3.63, 3.8) is 0 Å². The molecule has 0 bridgehead atoms. The lowest BCUT2D eigenvalue weighted by atomic mass is 9.92. The topological polar surface area (TPSA) is 32.7 Å². The Morgan fingerprint density at radius 1 is 1.35 bits per heavy atom. The summed E-state index contributed by atoms with van der Waals surface area (Å²) >= 11 is 0. The second-order valence-electron chi connectivity index (χ2n) is 5.18. The number of ether oxygens (including phenoxy) is 1. The van der Waals surface area contributed by atoms with Gasteiger partial charge < -0.3 is 14.7 Å². The lowest BCUT2D eigenvalue weighted by molar-refractivity contribution is 0.0446. The third-order valence-corrected chi connectivity index (χ3v) is 3.19. The number of likely N-dealkylation sites (N-methyl/N-ethyl adjacent to an activating group) is 1. The van der Waals surface area contributed by atoms with Crippen molar-refractivity contribution in [1.82, 2.24) is 4.90 Å². The molecule has 3 heteroatoms. The van der Waals surface area contributed by atoms with Gasteiger partial charge in [-0.15, -0.1) is 0 Å². The first kappa shape index (κ1) is 12.4. The zero-order chi connectivity index (χ0) is 12.5. The van der Waals surface area contributed by atoms with Gasteiger partial charge in [-0.05, 0) is 33.4 Å². The second-order valence-corrected chi connectivity index (χ2v) is 5.18. The molecule has 1 saturated heterocycles. The van der Waals surface area contributed by atoms with Crippen LogP contribution in [0.15, 0.2) is 24.3 Å². The minimum atomic E-state index is -0.764. The van der Waals surface area contributed by atoms with Gasteiger partial charge in [-0.25, -0.2) is 0 Å². The van der Waals surface area contributed by atoms with Crippen LogP contribution in [-0.2, 0) is 5.60 Å². The Balaban J connectivity index is 2.31. The van der Waals surface area contributed by atoms with Crippen LogP contribution in [0, 0.1) is 0 Å². The van der Waals surface area contributed by atoms with Crippen LogP contribution < -0.4 is 4.74 Å². The van der Waals surface area contributed by atoms with Crippen molar-refractivity contribution in [3.05, 3.63) is 29.8 Å². The summed E-state index contributed by atoms with van der Waals surface area (Å²) in [5.41, 5.74) is 0.151. The highest BCUT2D eigenvalue weighted by atomic mass is 16.5. The molecule has 1 aliphatic heterocycles. The summed E-state index contributed by atoms with van der Waals surface area (Å²) in [6.07, 6.45) is 0.890. The van der Waals surface area contributed by atoms with Crippen molar-refractivity contribution in [2.45, 2.75) is 32.0 Å². The van der Waals surface area contributed by atoms with Crippen LogP contribution in [0.1, 0.15) is 25.8 Å². The number of nitrogens with zero attached hydrogens (tertiary/aromatic N) is 1. The Hall–Kier alpha value is -1.06. The Morgan fingerprint density at radius 2 is 2.06 bits per heavy atom. The maximum atomic E-state index is 10.7. The first-order valence-corrected chi connectivity index (χ1v) is 6.18. The molecule has 1 fully saturated rings. The highest BCUT2D eigenvalue weighted by molar-refractivity contribution is 5.39. The van der Waals surface area contributed by atoms with Crippen molar-refractivity contribution in [2.75, 3.05) is 20.1 Å². The number of β-amino-alcohol motifs (C(OH)–C–C–N with tert-alkyl or cyclic N) is 1. The van der Waals surface area contributed by atoms with Gasteiger partial charge in [0.15, 0.2) is 0 Å². The minimum absolute atomic E-state index is 0.124. The molecule has 1 atom stereocenters. The fourth-order valence-electron chi connectivity index (χ4n) is 2.41. The Bertz CT molecular complexity index is 392. The summed E-state index contributed by atoms with van der Waals surface area (Å²) in [5.74, 6) is 0.806. The van der Waals surface area contributed by atoms with E-state index >= 15 is 0 Å². The molecule has 0 spiro atoms. The summed E-state index contributed by atoms with van der Waals surface area (Å²) in [5, 5.41) is 10.7. The molecule has 0 aromatic heterocycles. The van der Waals surface area contributed by atoms with E-state index in [1.807, 2.05) is 45.2 Å². The summed E-state index contributed by atoms with van der Waals surface area (Å²) in [7, 11) is 2.03. The average Bonchev–Trinajstić information content (AvgIpc) is 2.59. The molecule has 17 heavy (non-hydrogen) atoms. The number of aliphatic hydroxyl groups is 1. The fraction of sp³-hybridized carbons (Fsp3) is 0.571. The van der Waals surface area contributed by atoms with Gasteiger partial charge in [0.05, 0.1) is 6.10 Å². The first-order valence-electron chi connectivity index (χ1n) is 6.18. The molecule has 1 aromatic rings. The zero-order valence-electron chi connectivity index (χ0n) is 10.8. The van der Waals surface area contributed by atoms with Crippen LogP contribution in [0.5, 0.6) is 5.75 Å². The van der Waals surface area contributed by atoms with Gasteiger partial charge in [0.1, 0.15) is 11.4 Å². The van der Waals surface area contributed by atoms with E-state index in [-0.39, 0.29) is 6.10 Å². The van der Waals surface area contributed by atoms with Gasteiger partial charge in [0, 0.05) is 18.7 Å². The third kappa shape index (κ3) is 2.61. The predicted octanol–water partition coefficient (Wildman–Crippen LogP) is 2.00. The molecule has 1 unspecified atom stereocenters. The number of hydrogen-bond acceptors (Lipinski definition) is 3. The lowest BCUT2D eigenvalue weighted by Gasteiger charge is -2.26. The third-order valence-electron chi connectivity index (χ3n) is 3.19. The second kappa shape index (κ2) is 4.67. The van der Waals surface area contributed by atoms with E-state index in [9.17, 15) is 5.11 Å². The smallest absolute Gasteiger partial charge is 0.125 e. The molecular weight excluding hydrogens is 214 g/mol. The van der Waals surface area contributed by atoms with Crippen LogP contribution in [0.25, 0.3) is 0 Å². The standard InChI is InChI=1S/C14H21NO2/c1-11(2)17-13-7-5-4-6-12(13)14(16)8-9-15(3)10-14/h4-7,11,16H,8-10H2,1-3H3. The van der Waals surface area contributed by atoms with Gasteiger partial charge in [-0.3, -0.25) is 0 Å². The number of para-hydroxylation sites is 1. The molecule has 0 aliphatic carbocycles. The molecule has 0 amide bonds. The van der Waals surface area contributed by atoms with Crippen molar-refractivity contribution in [1.29, 1.82) is 0 Å². The van der Waals surface area contributed by atoms with Crippen LogP contribution >= 0.6 is 0 Å². The Labute approximate surface area is 103 Å². The van der Waals surface area contributed by atoms with E-state index in [1.165, 1.54) is 0 Å². The van der Waals surface area contributed by atoms with Crippen LogP contribution in [0.4, 0.5) is 0 Å². The minimum Gasteiger partial charge on any atom is -0.491 e. The fourth-order valence-corrected chi connectivity index (χ4v) is 2.41. The molecule has 1 aromatic carbocycles. The molecule has 94 valence electrons. The van der Waals surface area contributed by atoms with Gasteiger partial charge in [0.2, 0.25) is 0 Å². The van der Waals surface area contributed by atoms with E-state index in [1.54, 1.807) is 0 Å². The largest absolute Gasteiger partial charge is 0.491 e. The zero-order valence-corrected chi connectivity index (χ0v) is 10.8. The Morgan fingerprint density at radius 3 is 2.65 bits per heavy atom. The van der Waals surface area contributed by atoms with Gasteiger partial charge >= 0.3 is 0 Å². The van der Waals surface area contributed by atoms with Crippen LogP contribution in [0.3, 0.4) is 0 Å². The van der Waals surface area contributed by atoms with Crippen molar-refractivity contribution >= 4 is 0 Å². The van der Waals surface area contributed by atoms with Gasteiger partial charge in [0.25, 0.3) is 0 Å². The highest BCUT2D eigenvalue weighted by Gasteiger charge is 2.38. The summed E-state index contributed by atoms with van der Waals surface area (Å²) < 4.78 is 5.78. The molecule has 0 radical (unpaired) electrons. The summed E-state index contributed by atoms with van der Waals surface area (Å²) in [6, 6.07) is 7.81. The van der Waals surface area contributed by atoms with E-state index in [0.717, 1.165) is 24.3 Å². The summed E-state index contributed by atoms with van der Waals surface area (Å²) in [4.78, 5) is 2.14. The van der Waals surface area contributed by atoms with E-state index in [0.29, 0.717) is 6.54 Å². The van der Waals surface area contributed by atoms with E-state index in [2.05, 4.69) is 4.90 Å². The molecular formula is C14H21NO2. The van der Waals surface area contributed by atoms with Crippen LogP contribution in [-0.4, -0.2) is 36.2 Å². The van der Waals surface area contributed by atoms with Crippen molar-refractivity contribution in [2.24, 2.45) is 0 Å². The van der Waals surface area contributed by atoms with Gasteiger partial charge in [-0.2, -0.15) is 0 Å². The molecule has 1 aliphatic rings. The lowest BCUT2D eigenvalue weighted by Crippen LogP contribution is -2.30. The number of hydrogen-bond donors (Lipinski definition) is 1. The number of likely N-dealkylation sites (tertiary alicyclic amines) is 1. The van der Waals surface area contributed by atoms with Crippen LogP contribution in [0.2, 0.25) is 0 Å². The summed E-state index contributed by atoms with van der Waals surface area (Å²) in [6.45, 7) is 5.60. The number of benzene rings is 1. The number of rotatable bonds is 3. The van der Waals surface area contributed by atoms with E-state index in [4.69, 9.17) is 4.74 Å². The molecule has 3 nitrogen and oxygen atoms in total. The average molecular weight is 235 g/mol. The van der Waals surface area contributed by atoms with Crippen molar-refractivity contribution < 1.29 is 9.84 Å². The van der Waals surface area contributed by atoms with E-state index < -0.39 is 5.60 Å². The predicted molar refractivity (Wildman–Crippen MR) is 68.2 cm³/mol. The maximum absolute atomic E-state index is 10.7. The molecule has 0 saturated carbocycles.